The van der Waals surface area contributed by atoms with E-state index in [4.69, 9.17) is 9.05 Å². The van der Waals surface area contributed by atoms with Gasteiger partial charge in [-0.05, 0) is 51.4 Å². The van der Waals surface area contributed by atoms with E-state index in [1.165, 1.54) is 270 Å². The van der Waals surface area contributed by atoms with E-state index in [1.54, 1.807) is 0 Å². The Morgan fingerprint density at radius 2 is 0.744 bits per heavy atom. The van der Waals surface area contributed by atoms with Gasteiger partial charge < -0.3 is 28.8 Å². The first-order valence-corrected chi connectivity index (χ1v) is 37.4. The molecule has 0 aliphatic rings. The van der Waals surface area contributed by atoms with E-state index < -0.39 is 20.0 Å². The summed E-state index contributed by atoms with van der Waals surface area (Å²) in [5.74, 6) is -0.157. The molecule has 0 aromatic rings. The zero-order chi connectivity index (χ0) is 59.8. The molecule has 0 saturated carbocycles. The first kappa shape index (κ1) is 80.5. The van der Waals surface area contributed by atoms with Gasteiger partial charge in [-0.3, -0.25) is 9.36 Å². The quantitative estimate of drug-likeness (QED) is 0.0272. The summed E-state index contributed by atoms with van der Waals surface area (Å²) in [6, 6.07) is -0.801. The van der Waals surface area contributed by atoms with Crippen molar-refractivity contribution in [3.8, 4) is 0 Å². The zero-order valence-corrected chi connectivity index (χ0v) is 56.4. The SMILES string of the molecule is CC/C=C\C/C=C\C/C=C\C/C=C\CCCCCCCCCCCCCCCCCCCCCCC(=O)NC(COP(=O)([O-])OCC[N+](C)(C)C)C(O)CCCCCCCCCCCCCCCCCCCCCCCCCCCCC. The van der Waals surface area contributed by atoms with Crippen LogP contribution in [0.3, 0.4) is 0 Å². The molecule has 8 nitrogen and oxygen atoms in total. The predicted molar refractivity (Wildman–Crippen MR) is 358 cm³/mol. The van der Waals surface area contributed by atoms with Crippen LogP contribution in [0.4, 0.5) is 0 Å². The molecule has 0 aliphatic carbocycles. The molecule has 0 fully saturated rings. The van der Waals surface area contributed by atoms with Gasteiger partial charge in [0.1, 0.15) is 13.2 Å². The number of carbonyl (C=O) groups is 1. The number of carbonyl (C=O) groups excluding carboxylic acids is 1. The number of unbranched alkanes of at least 4 members (excludes halogenated alkanes) is 46. The number of quaternary nitrogens is 1. The molecule has 0 bridgehead atoms. The van der Waals surface area contributed by atoms with E-state index in [0.29, 0.717) is 23.9 Å². The van der Waals surface area contributed by atoms with E-state index >= 15 is 0 Å². The standard InChI is InChI=1S/C73H141N2O6P/c1-6-8-10-12-14-16-18-20-22-24-26-28-30-32-34-35-36-37-38-39-41-43-45-47-49-51-53-55-57-59-61-63-65-67-73(77)74-71(70-81-82(78,79)80-69-68-75(3,4)5)72(76)66-64-62-60-58-56-54-52-50-48-46-44-42-40-33-31-29-27-25-23-21-19-17-15-13-11-9-7-2/h8,10,14,16,20,22,26,28,71-72,76H,6-7,9,11-13,15,17-19,21,23-25,27,29-70H2,1-5H3,(H-,74,77,78,79)/b10-8-,16-14-,22-20-,28-26-. The average Bonchev–Trinajstić information content (AvgIpc) is 3.47. The maximum absolute atomic E-state index is 13.1. The van der Waals surface area contributed by atoms with Gasteiger partial charge in [0, 0.05) is 6.42 Å². The Morgan fingerprint density at radius 3 is 1.09 bits per heavy atom. The minimum absolute atomic E-state index is 0.0139. The Kier molecular flexibility index (Phi) is 62.7. The third kappa shape index (κ3) is 66.0. The summed E-state index contributed by atoms with van der Waals surface area (Å²) in [5.41, 5.74) is 0. The van der Waals surface area contributed by atoms with Gasteiger partial charge in [-0.15, -0.1) is 0 Å². The fourth-order valence-electron chi connectivity index (χ4n) is 11.0. The lowest BCUT2D eigenvalue weighted by Gasteiger charge is -2.30. The molecule has 0 saturated heterocycles. The Balaban J connectivity index is 3.98. The van der Waals surface area contributed by atoms with E-state index in [-0.39, 0.29) is 19.1 Å². The largest absolute Gasteiger partial charge is 0.756 e. The number of nitrogens with zero attached hydrogens (tertiary/aromatic N) is 1. The molecule has 1 amide bonds. The van der Waals surface area contributed by atoms with Crippen molar-refractivity contribution in [3.63, 3.8) is 0 Å². The number of hydrogen-bond acceptors (Lipinski definition) is 6. The number of aliphatic hydroxyl groups excluding tert-OH is 1. The lowest BCUT2D eigenvalue weighted by atomic mass is 10.0. The molecule has 0 aromatic carbocycles. The molecule has 0 aromatic heterocycles. The fraction of sp³-hybridized carbons (Fsp3) is 0.877. The summed E-state index contributed by atoms with van der Waals surface area (Å²) >= 11 is 0. The Labute approximate surface area is 511 Å². The molecule has 3 atom stereocenters. The normalized spacial score (nSPS) is 13.9. The van der Waals surface area contributed by atoms with Gasteiger partial charge in [0.15, 0.2) is 0 Å². The summed E-state index contributed by atoms with van der Waals surface area (Å²) < 4.78 is 23.6. The smallest absolute Gasteiger partial charge is 0.268 e. The van der Waals surface area contributed by atoms with Gasteiger partial charge in [0.05, 0.1) is 39.9 Å². The second-order valence-corrected chi connectivity index (χ2v) is 27.3. The molecule has 484 valence electrons. The number of amides is 1. The van der Waals surface area contributed by atoms with Crippen molar-refractivity contribution in [1.29, 1.82) is 0 Å². The number of hydrogen-bond donors (Lipinski definition) is 2. The van der Waals surface area contributed by atoms with Crippen LogP contribution in [0.25, 0.3) is 0 Å². The predicted octanol–water partition coefficient (Wildman–Crippen LogP) is 22.4. The number of rotatable bonds is 67. The molecule has 0 heterocycles. The first-order chi connectivity index (χ1) is 40.0. The van der Waals surface area contributed by atoms with Crippen LogP contribution in [-0.2, 0) is 18.4 Å². The van der Waals surface area contributed by atoms with Crippen LogP contribution >= 0.6 is 7.82 Å². The van der Waals surface area contributed by atoms with Crippen LogP contribution in [0.2, 0.25) is 0 Å². The first-order valence-electron chi connectivity index (χ1n) is 36.0. The van der Waals surface area contributed by atoms with Crippen LogP contribution in [-0.4, -0.2) is 68.5 Å². The molecule has 9 heteroatoms. The molecule has 0 radical (unpaired) electrons. The second-order valence-electron chi connectivity index (χ2n) is 25.9. The van der Waals surface area contributed by atoms with E-state index in [0.717, 1.165) is 64.2 Å². The van der Waals surface area contributed by atoms with Crippen molar-refractivity contribution in [2.45, 2.75) is 373 Å². The van der Waals surface area contributed by atoms with Crippen LogP contribution < -0.4 is 10.2 Å². The number of phosphoric ester groups is 1. The molecule has 3 unspecified atom stereocenters. The van der Waals surface area contributed by atoms with Crippen LogP contribution in [0.5, 0.6) is 0 Å². The Morgan fingerprint density at radius 1 is 0.439 bits per heavy atom. The summed E-state index contributed by atoms with van der Waals surface area (Å²) in [6.45, 7) is 4.67. The summed E-state index contributed by atoms with van der Waals surface area (Å²) in [5, 5.41) is 14.1. The monoisotopic (exact) mass is 1170 g/mol. The number of phosphoric acid groups is 1. The van der Waals surface area contributed by atoms with E-state index in [2.05, 4.69) is 67.8 Å². The van der Waals surface area contributed by atoms with E-state index in [9.17, 15) is 19.4 Å². The highest BCUT2D eigenvalue weighted by molar-refractivity contribution is 7.45. The van der Waals surface area contributed by atoms with Crippen molar-refractivity contribution in [2.24, 2.45) is 0 Å². The molecular weight excluding hydrogens is 1030 g/mol. The molecular formula is C73H141N2O6P. The Bertz CT molecular complexity index is 1480. The third-order valence-electron chi connectivity index (χ3n) is 16.6. The number of allylic oxidation sites excluding steroid dienone is 8. The highest BCUT2D eigenvalue weighted by Crippen LogP contribution is 2.38. The average molecular weight is 1170 g/mol. The molecule has 0 spiro atoms. The van der Waals surface area contributed by atoms with Crippen molar-refractivity contribution < 1.29 is 32.9 Å². The fourth-order valence-corrected chi connectivity index (χ4v) is 11.8. The van der Waals surface area contributed by atoms with Crippen LogP contribution in [0.1, 0.15) is 361 Å². The van der Waals surface area contributed by atoms with Crippen LogP contribution in [0, 0.1) is 0 Å². The topological polar surface area (TPSA) is 108 Å². The Hall–Kier alpha value is -1.54. The summed E-state index contributed by atoms with van der Waals surface area (Å²) in [7, 11) is 1.32. The van der Waals surface area contributed by atoms with Gasteiger partial charge in [-0.1, -0.05) is 351 Å². The van der Waals surface area contributed by atoms with Gasteiger partial charge in [-0.2, -0.15) is 0 Å². The minimum atomic E-state index is -4.58. The number of nitrogens with one attached hydrogen (secondary N) is 1. The number of likely N-dealkylation sites (N-methyl/N-ethyl adjacent to an activating group) is 1. The highest BCUT2D eigenvalue weighted by Gasteiger charge is 2.24. The van der Waals surface area contributed by atoms with Gasteiger partial charge in [0.25, 0.3) is 7.82 Å². The molecule has 0 aliphatic heterocycles. The molecule has 82 heavy (non-hydrogen) atoms. The van der Waals surface area contributed by atoms with Crippen molar-refractivity contribution >= 4 is 13.7 Å². The zero-order valence-electron chi connectivity index (χ0n) is 55.5. The lowest BCUT2D eigenvalue weighted by molar-refractivity contribution is -0.870. The van der Waals surface area contributed by atoms with Gasteiger partial charge >= 0.3 is 0 Å². The molecule has 2 N–H and O–H groups in total. The maximum atomic E-state index is 13.1. The van der Waals surface area contributed by atoms with Crippen molar-refractivity contribution in [2.75, 3.05) is 40.9 Å². The number of aliphatic hydroxyl groups is 1. The summed E-state index contributed by atoms with van der Waals surface area (Å²) in [4.78, 5) is 25.7. The second kappa shape index (κ2) is 63.9. The third-order valence-corrected chi connectivity index (χ3v) is 17.5. The van der Waals surface area contributed by atoms with Crippen molar-refractivity contribution in [3.05, 3.63) is 48.6 Å². The highest BCUT2D eigenvalue weighted by atomic mass is 31.2. The minimum Gasteiger partial charge on any atom is -0.756 e. The van der Waals surface area contributed by atoms with Crippen LogP contribution in [0.15, 0.2) is 48.6 Å². The lowest BCUT2D eigenvalue weighted by Crippen LogP contribution is -2.46. The summed E-state index contributed by atoms with van der Waals surface area (Å²) in [6.07, 6.45) is 86.2. The van der Waals surface area contributed by atoms with Gasteiger partial charge in [0.2, 0.25) is 5.91 Å². The van der Waals surface area contributed by atoms with Crippen molar-refractivity contribution in [1.82, 2.24) is 5.32 Å². The van der Waals surface area contributed by atoms with E-state index in [1.807, 2.05) is 21.1 Å². The van der Waals surface area contributed by atoms with Gasteiger partial charge in [-0.25, -0.2) is 0 Å². The maximum Gasteiger partial charge on any atom is 0.268 e. The molecule has 0 rings (SSSR count).